The lowest BCUT2D eigenvalue weighted by molar-refractivity contribution is -0.0195. The minimum absolute atomic E-state index is 0.104. The number of rotatable bonds is 7. The van der Waals surface area contributed by atoms with Gasteiger partial charge in [0.1, 0.15) is 0 Å². The Labute approximate surface area is 170 Å². The van der Waals surface area contributed by atoms with Crippen LogP contribution < -0.4 is 10.6 Å². The summed E-state index contributed by atoms with van der Waals surface area (Å²) in [6, 6.07) is 18.5. The Morgan fingerprint density at radius 1 is 0.828 bits per heavy atom. The second kappa shape index (κ2) is 7.40. The standard InChI is InChI=1S/C22H26N4O3/c1-2-3-14-25-19(28)23-21(17-10-6-4-7-11-17)22(25,18-12-8-5-9-13-18)26(15-16-27)20(29)24-21/h4-13,27H,2-3,14-16H2,1H3,(H,23,28)(H,24,29). The number of amides is 4. The lowest BCUT2D eigenvalue weighted by atomic mass is 9.81. The first-order valence-electron chi connectivity index (χ1n) is 10.0. The van der Waals surface area contributed by atoms with E-state index in [0.717, 1.165) is 24.0 Å². The zero-order valence-corrected chi connectivity index (χ0v) is 16.5. The van der Waals surface area contributed by atoms with Crippen molar-refractivity contribution in [3.8, 4) is 0 Å². The maximum atomic E-state index is 13.3. The van der Waals surface area contributed by atoms with E-state index in [9.17, 15) is 14.7 Å². The van der Waals surface area contributed by atoms with Crippen molar-refractivity contribution in [3.05, 3.63) is 71.8 Å². The van der Waals surface area contributed by atoms with E-state index in [1.54, 1.807) is 9.80 Å². The number of aliphatic hydroxyl groups is 1. The van der Waals surface area contributed by atoms with E-state index in [2.05, 4.69) is 17.6 Å². The Morgan fingerprint density at radius 2 is 1.34 bits per heavy atom. The summed E-state index contributed by atoms with van der Waals surface area (Å²) < 4.78 is 0. The highest BCUT2D eigenvalue weighted by molar-refractivity contribution is 5.89. The summed E-state index contributed by atoms with van der Waals surface area (Å²) in [5.41, 5.74) is -0.718. The van der Waals surface area contributed by atoms with Crippen LogP contribution in [0.5, 0.6) is 0 Å². The predicted octanol–water partition coefficient (Wildman–Crippen LogP) is 2.54. The molecule has 0 saturated carbocycles. The van der Waals surface area contributed by atoms with Crippen LogP contribution in [0.2, 0.25) is 0 Å². The Kier molecular flexibility index (Phi) is 4.92. The summed E-state index contributed by atoms with van der Waals surface area (Å²) in [7, 11) is 0. The molecule has 4 rings (SSSR count). The van der Waals surface area contributed by atoms with Crippen molar-refractivity contribution in [2.75, 3.05) is 19.7 Å². The third kappa shape index (κ3) is 2.61. The number of nitrogens with one attached hydrogen (secondary N) is 2. The molecule has 0 aliphatic carbocycles. The van der Waals surface area contributed by atoms with Gasteiger partial charge in [-0.3, -0.25) is 9.80 Å². The van der Waals surface area contributed by atoms with Gasteiger partial charge in [-0.05, 0) is 6.42 Å². The lowest BCUT2D eigenvalue weighted by Gasteiger charge is -2.47. The third-order valence-electron chi connectivity index (χ3n) is 5.83. The van der Waals surface area contributed by atoms with Crippen molar-refractivity contribution in [2.24, 2.45) is 0 Å². The van der Waals surface area contributed by atoms with Crippen molar-refractivity contribution in [3.63, 3.8) is 0 Å². The fourth-order valence-electron chi connectivity index (χ4n) is 4.68. The largest absolute Gasteiger partial charge is 0.395 e. The Bertz CT molecular complexity index is 891. The number of urea groups is 2. The van der Waals surface area contributed by atoms with Crippen LogP contribution in [0.3, 0.4) is 0 Å². The van der Waals surface area contributed by atoms with Crippen molar-refractivity contribution >= 4 is 12.1 Å². The summed E-state index contributed by atoms with van der Waals surface area (Å²) in [6.07, 6.45) is 1.71. The number of unbranched alkanes of at least 4 members (excludes halogenated alkanes) is 1. The Morgan fingerprint density at radius 3 is 1.86 bits per heavy atom. The van der Waals surface area contributed by atoms with Crippen molar-refractivity contribution < 1.29 is 14.7 Å². The third-order valence-corrected chi connectivity index (χ3v) is 5.83. The van der Waals surface area contributed by atoms with E-state index in [1.807, 2.05) is 60.7 Å². The average molecular weight is 394 g/mol. The summed E-state index contributed by atoms with van der Waals surface area (Å²) in [5, 5.41) is 15.9. The van der Waals surface area contributed by atoms with Gasteiger partial charge < -0.3 is 15.7 Å². The number of aliphatic hydroxyl groups excluding tert-OH is 1. The number of carbonyl (C=O) groups is 2. The molecule has 0 spiro atoms. The summed E-state index contributed by atoms with van der Waals surface area (Å²) in [4.78, 5) is 29.8. The molecule has 2 aromatic carbocycles. The Balaban J connectivity index is 2.03. The molecule has 2 aliphatic rings. The van der Waals surface area contributed by atoms with Gasteiger partial charge in [0, 0.05) is 24.2 Å². The molecule has 2 saturated heterocycles. The first kappa shape index (κ1) is 19.3. The van der Waals surface area contributed by atoms with Gasteiger partial charge in [0.15, 0.2) is 11.3 Å². The fourth-order valence-corrected chi connectivity index (χ4v) is 4.68. The lowest BCUT2D eigenvalue weighted by Crippen LogP contribution is -2.63. The van der Waals surface area contributed by atoms with Crippen LogP contribution in [-0.2, 0) is 11.3 Å². The van der Waals surface area contributed by atoms with Gasteiger partial charge in [-0.2, -0.15) is 0 Å². The second-order valence-electron chi connectivity index (χ2n) is 7.40. The molecule has 2 heterocycles. The monoisotopic (exact) mass is 394 g/mol. The molecule has 2 atom stereocenters. The number of β-amino-alcohol motifs (C(OH)–C–C–N with tert-alkyl or cyclic N) is 1. The maximum Gasteiger partial charge on any atom is 0.321 e. The van der Waals surface area contributed by atoms with Crippen LogP contribution in [0.1, 0.15) is 30.9 Å². The SMILES string of the molecule is CCCCN1C(=O)NC2(c3ccccc3)NC(=O)N(CCO)C12c1ccccc1. The highest BCUT2D eigenvalue weighted by atomic mass is 16.3. The van der Waals surface area contributed by atoms with Crippen molar-refractivity contribution in [1.29, 1.82) is 0 Å². The molecule has 4 amide bonds. The minimum Gasteiger partial charge on any atom is -0.395 e. The van der Waals surface area contributed by atoms with Gasteiger partial charge in [0.05, 0.1) is 6.61 Å². The summed E-state index contributed by atoms with van der Waals surface area (Å²) in [5.74, 6) is 0. The summed E-state index contributed by atoms with van der Waals surface area (Å²) >= 11 is 0. The molecule has 0 radical (unpaired) electrons. The quantitative estimate of drug-likeness (QED) is 0.675. The highest BCUT2D eigenvalue weighted by Gasteiger charge is 2.73. The molecule has 7 nitrogen and oxygen atoms in total. The van der Waals surface area contributed by atoms with E-state index >= 15 is 0 Å². The summed E-state index contributed by atoms with van der Waals surface area (Å²) in [6.45, 7) is 2.45. The zero-order valence-electron chi connectivity index (χ0n) is 16.5. The topological polar surface area (TPSA) is 84.9 Å². The van der Waals surface area contributed by atoms with E-state index in [1.165, 1.54) is 0 Å². The van der Waals surface area contributed by atoms with E-state index in [-0.39, 0.29) is 25.2 Å². The molecule has 0 bridgehead atoms. The molecule has 3 N–H and O–H groups in total. The van der Waals surface area contributed by atoms with Crippen LogP contribution in [0.4, 0.5) is 9.59 Å². The van der Waals surface area contributed by atoms with Crippen LogP contribution >= 0.6 is 0 Å². The second-order valence-corrected chi connectivity index (χ2v) is 7.40. The van der Waals surface area contributed by atoms with Gasteiger partial charge in [-0.1, -0.05) is 74.0 Å². The van der Waals surface area contributed by atoms with Gasteiger partial charge in [-0.15, -0.1) is 0 Å². The minimum atomic E-state index is -1.17. The maximum absolute atomic E-state index is 13.3. The highest BCUT2D eigenvalue weighted by Crippen LogP contribution is 2.53. The number of carbonyl (C=O) groups excluding carboxylic acids is 2. The van der Waals surface area contributed by atoms with Crippen LogP contribution in [0.15, 0.2) is 60.7 Å². The number of hydrogen-bond donors (Lipinski definition) is 3. The molecule has 2 unspecified atom stereocenters. The molecular formula is C22H26N4O3. The van der Waals surface area contributed by atoms with Gasteiger partial charge >= 0.3 is 12.1 Å². The number of fused-ring (bicyclic) bond motifs is 1. The van der Waals surface area contributed by atoms with Crippen molar-refractivity contribution in [2.45, 2.75) is 31.1 Å². The van der Waals surface area contributed by atoms with E-state index in [0.29, 0.717) is 6.54 Å². The first-order valence-corrected chi connectivity index (χ1v) is 10.0. The van der Waals surface area contributed by atoms with E-state index < -0.39 is 11.3 Å². The molecule has 2 aromatic rings. The first-order chi connectivity index (χ1) is 14.1. The number of nitrogens with zero attached hydrogens (tertiary/aromatic N) is 2. The fraction of sp³-hybridized carbons (Fsp3) is 0.364. The van der Waals surface area contributed by atoms with E-state index in [4.69, 9.17) is 0 Å². The van der Waals surface area contributed by atoms with Crippen LogP contribution in [-0.4, -0.2) is 46.7 Å². The molecule has 152 valence electrons. The Hall–Kier alpha value is -3.06. The molecule has 7 heteroatoms. The normalized spacial score (nSPS) is 25.7. The molecule has 2 fully saturated rings. The van der Waals surface area contributed by atoms with Crippen LogP contribution in [0.25, 0.3) is 0 Å². The molecule has 0 aromatic heterocycles. The van der Waals surface area contributed by atoms with Crippen molar-refractivity contribution in [1.82, 2.24) is 20.4 Å². The van der Waals surface area contributed by atoms with Gasteiger partial charge in [-0.25, -0.2) is 9.59 Å². The molecular weight excluding hydrogens is 368 g/mol. The van der Waals surface area contributed by atoms with Gasteiger partial charge in [0.2, 0.25) is 0 Å². The number of benzene rings is 2. The predicted molar refractivity (Wildman–Crippen MR) is 109 cm³/mol. The zero-order chi connectivity index (χ0) is 20.5. The molecule has 2 aliphatic heterocycles. The average Bonchev–Trinajstić information content (AvgIpc) is 3.14. The van der Waals surface area contributed by atoms with Crippen LogP contribution in [0, 0.1) is 0 Å². The van der Waals surface area contributed by atoms with Gasteiger partial charge in [0.25, 0.3) is 0 Å². The smallest absolute Gasteiger partial charge is 0.321 e. The number of hydrogen-bond acceptors (Lipinski definition) is 3. The molecule has 29 heavy (non-hydrogen) atoms.